The zero-order valence-electron chi connectivity index (χ0n) is 17.7. The number of nitrogens with zero attached hydrogens (tertiary/aromatic N) is 2. The zero-order chi connectivity index (χ0) is 20.9. The summed E-state index contributed by atoms with van der Waals surface area (Å²) in [5.41, 5.74) is 5.06. The highest BCUT2D eigenvalue weighted by Gasteiger charge is 2.18. The molecule has 5 nitrogen and oxygen atoms in total. The highest BCUT2D eigenvalue weighted by atomic mass is 32.2. The quantitative estimate of drug-likeness (QED) is 0.698. The van der Waals surface area contributed by atoms with Crippen LogP contribution in [0.4, 0.5) is 5.69 Å². The van der Waals surface area contributed by atoms with Crippen LogP contribution < -0.4 is 5.32 Å². The van der Waals surface area contributed by atoms with Crippen molar-refractivity contribution in [1.82, 2.24) is 10.2 Å². The van der Waals surface area contributed by atoms with E-state index in [1.54, 1.807) is 11.8 Å². The first kappa shape index (κ1) is 21.1. The maximum atomic E-state index is 12.7. The van der Waals surface area contributed by atoms with Gasteiger partial charge >= 0.3 is 0 Å². The van der Waals surface area contributed by atoms with Gasteiger partial charge in [0.15, 0.2) is 0 Å². The molecule has 0 radical (unpaired) electrons. The third kappa shape index (κ3) is 4.94. The van der Waals surface area contributed by atoms with Crippen LogP contribution in [0.2, 0.25) is 0 Å². The van der Waals surface area contributed by atoms with Crippen molar-refractivity contribution in [2.45, 2.75) is 36.5 Å². The topological polar surface area (TPSA) is 53.9 Å². The van der Waals surface area contributed by atoms with Crippen LogP contribution in [0.3, 0.4) is 0 Å². The predicted molar refractivity (Wildman–Crippen MR) is 122 cm³/mol. The summed E-state index contributed by atoms with van der Waals surface area (Å²) < 4.78 is 5.37. The van der Waals surface area contributed by atoms with Crippen molar-refractivity contribution in [3.05, 3.63) is 53.1 Å². The Labute approximate surface area is 182 Å². The molecule has 30 heavy (non-hydrogen) atoms. The molecule has 0 atom stereocenters. The van der Waals surface area contributed by atoms with Crippen LogP contribution in [0, 0.1) is 6.92 Å². The van der Waals surface area contributed by atoms with E-state index in [9.17, 15) is 4.79 Å². The van der Waals surface area contributed by atoms with Crippen molar-refractivity contribution in [2.24, 2.45) is 4.99 Å². The minimum Gasteiger partial charge on any atom is -0.379 e. The normalized spacial score (nSPS) is 16.3. The number of aliphatic imine (C=N–C) groups is 1. The summed E-state index contributed by atoms with van der Waals surface area (Å²) in [6.45, 7) is 9.49. The minimum atomic E-state index is -0.0318. The predicted octanol–water partition coefficient (Wildman–Crippen LogP) is 4.44. The van der Waals surface area contributed by atoms with Gasteiger partial charge < -0.3 is 10.1 Å². The molecule has 1 N–H and O–H groups in total. The molecule has 2 aromatic rings. The number of rotatable bonds is 6. The molecule has 2 aliphatic rings. The number of aryl methyl sites for hydroxylation is 1. The van der Waals surface area contributed by atoms with Crippen molar-refractivity contribution < 1.29 is 9.53 Å². The first-order valence-electron chi connectivity index (χ1n) is 10.7. The molecule has 2 heterocycles. The van der Waals surface area contributed by atoms with Crippen molar-refractivity contribution in [3.8, 4) is 0 Å². The fourth-order valence-corrected chi connectivity index (χ4v) is 4.82. The number of morpholine rings is 1. The number of nitrogens with one attached hydrogen (secondary N) is 1. The first-order valence-corrected chi connectivity index (χ1v) is 11.5. The molecule has 4 rings (SSSR count). The Morgan fingerprint density at radius 2 is 1.97 bits per heavy atom. The maximum Gasteiger partial charge on any atom is 0.251 e. The Morgan fingerprint density at radius 1 is 1.17 bits per heavy atom. The van der Waals surface area contributed by atoms with Crippen LogP contribution in [0.1, 0.15) is 41.3 Å². The number of carbonyl (C=O) groups excluding carboxylic acids is 1. The number of hydrogen-bond donors (Lipinski definition) is 1. The number of carbonyl (C=O) groups is 1. The first-order chi connectivity index (χ1) is 14.6. The molecule has 1 fully saturated rings. The lowest BCUT2D eigenvalue weighted by molar-refractivity contribution is 0.0374. The second-order valence-electron chi connectivity index (χ2n) is 7.76. The summed E-state index contributed by atoms with van der Waals surface area (Å²) in [5, 5.41) is 3.06. The summed E-state index contributed by atoms with van der Waals surface area (Å²) in [4.78, 5) is 22.3. The summed E-state index contributed by atoms with van der Waals surface area (Å²) in [5.74, 6) is -0.0318. The van der Waals surface area contributed by atoms with Crippen LogP contribution >= 0.6 is 11.8 Å². The number of benzene rings is 2. The molecule has 1 amide bonds. The van der Waals surface area contributed by atoms with Crippen LogP contribution in [0.15, 0.2) is 51.2 Å². The molecule has 6 heteroatoms. The Bertz CT molecular complexity index is 951. The summed E-state index contributed by atoms with van der Waals surface area (Å²) in [6, 6.07) is 12.4. The molecule has 2 aliphatic heterocycles. The zero-order valence-corrected chi connectivity index (χ0v) is 18.6. The monoisotopic (exact) mass is 423 g/mol. The van der Waals surface area contributed by atoms with E-state index in [1.165, 1.54) is 16.0 Å². The van der Waals surface area contributed by atoms with E-state index >= 15 is 0 Å². The van der Waals surface area contributed by atoms with E-state index in [4.69, 9.17) is 9.73 Å². The molecule has 0 bridgehead atoms. The third-order valence-corrected chi connectivity index (χ3v) is 6.66. The minimum absolute atomic E-state index is 0.0318. The van der Waals surface area contributed by atoms with Crippen molar-refractivity contribution in [2.75, 3.05) is 39.4 Å². The molecule has 0 aromatic heterocycles. The molecule has 2 aromatic carbocycles. The lowest BCUT2D eigenvalue weighted by Crippen LogP contribution is -2.38. The molecule has 0 unspecified atom stereocenters. The Kier molecular flexibility index (Phi) is 6.87. The van der Waals surface area contributed by atoms with E-state index in [2.05, 4.69) is 42.3 Å². The molecule has 0 spiro atoms. The molecule has 0 aliphatic carbocycles. The number of ether oxygens (including phenoxy) is 1. The van der Waals surface area contributed by atoms with Crippen molar-refractivity contribution >= 4 is 29.1 Å². The average Bonchev–Trinajstić information content (AvgIpc) is 2.93. The van der Waals surface area contributed by atoms with Crippen LogP contribution in [0.5, 0.6) is 0 Å². The average molecular weight is 424 g/mol. The third-order valence-electron chi connectivity index (χ3n) is 5.52. The Hall–Kier alpha value is -2.15. The highest BCUT2D eigenvalue weighted by molar-refractivity contribution is 7.99. The Balaban J connectivity index is 1.43. The largest absolute Gasteiger partial charge is 0.379 e. The molecule has 0 saturated carbocycles. The second-order valence-corrected chi connectivity index (χ2v) is 8.84. The number of fused-ring (bicyclic) bond motifs is 2. The lowest BCUT2D eigenvalue weighted by Gasteiger charge is -2.26. The van der Waals surface area contributed by atoms with E-state index in [0.717, 1.165) is 62.0 Å². The fraction of sp³-hybridized carbons (Fsp3) is 0.417. The SMILES string of the molecule is CCC1=Nc2cc(C(=O)NCCCN3CCOCC3)ccc2Sc2ccc(C)cc21. The van der Waals surface area contributed by atoms with Gasteiger partial charge in [0.05, 0.1) is 18.9 Å². The van der Waals surface area contributed by atoms with E-state index in [-0.39, 0.29) is 5.91 Å². The van der Waals surface area contributed by atoms with E-state index < -0.39 is 0 Å². The number of amides is 1. The second kappa shape index (κ2) is 9.77. The Morgan fingerprint density at radius 3 is 2.77 bits per heavy atom. The smallest absolute Gasteiger partial charge is 0.251 e. The fourth-order valence-electron chi connectivity index (χ4n) is 3.82. The standard InChI is InChI=1S/C24H29N3O2S/c1-3-20-19-15-17(2)5-7-22(19)30-23-8-6-18(16-21(23)26-20)24(28)25-9-4-10-27-11-13-29-14-12-27/h5-8,15-16H,3-4,9-14H2,1-2H3,(H,25,28). The molecular formula is C24H29N3O2S. The maximum absolute atomic E-state index is 12.7. The molecular weight excluding hydrogens is 394 g/mol. The van der Waals surface area contributed by atoms with Crippen LogP contribution in [-0.4, -0.2) is 55.9 Å². The van der Waals surface area contributed by atoms with Gasteiger partial charge in [-0.25, -0.2) is 0 Å². The lowest BCUT2D eigenvalue weighted by atomic mass is 10.0. The summed E-state index contributed by atoms with van der Waals surface area (Å²) in [6.07, 6.45) is 1.80. The van der Waals surface area contributed by atoms with Crippen LogP contribution in [-0.2, 0) is 4.74 Å². The van der Waals surface area contributed by atoms with Crippen LogP contribution in [0.25, 0.3) is 0 Å². The van der Waals surface area contributed by atoms with Gasteiger partial charge in [0.25, 0.3) is 5.91 Å². The van der Waals surface area contributed by atoms with Gasteiger partial charge in [-0.05, 0) is 56.6 Å². The summed E-state index contributed by atoms with van der Waals surface area (Å²) in [7, 11) is 0. The van der Waals surface area contributed by atoms with E-state index in [0.29, 0.717) is 12.1 Å². The van der Waals surface area contributed by atoms with Gasteiger partial charge in [-0.3, -0.25) is 14.7 Å². The van der Waals surface area contributed by atoms with Gasteiger partial charge in [-0.1, -0.05) is 30.3 Å². The summed E-state index contributed by atoms with van der Waals surface area (Å²) >= 11 is 1.73. The molecule has 1 saturated heterocycles. The van der Waals surface area contributed by atoms with E-state index in [1.807, 2.05) is 18.2 Å². The van der Waals surface area contributed by atoms with Gasteiger partial charge in [-0.15, -0.1) is 0 Å². The van der Waals surface area contributed by atoms with Gasteiger partial charge in [0, 0.05) is 46.3 Å². The van der Waals surface area contributed by atoms with Crippen molar-refractivity contribution in [1.29, 1.82) is 0 Å². The van der Waals surface area contributed by atoms with Gasteiger partial charge in [0.2, 0.25) is 0 Å². The molecule has 158 valence electrons. The highest BCUT2D eigenvalue weighted by Crippen LogP contribution is 2.41. The van der Waals surface area contributed by atoms with Gasteiger partial charge in [0.1, 0.15) is 0 Å². The van der Waals surface area contributed by atoms with Crippen molar-refractivity contribution in [3.63, 3.8) is 0 Å². The number of hydrogen-bond acceptors (Lipinski definition) is 5. The van der Waals surface area contributed by atoms with Gasteiger partial charge in [-0.2, -0.15) is 0 Å².